The number of amides is 2. The molecular formula is C43H55ClN6O8S. The standard InChI is InChI=1S/C43H55ClN6O8S/c1-6-27-23-43(27,42(53)47-59(54,55)28-7-8-28)24-34(51)33-21-37(32-11-9-29(25(2)3)41(52)50(32)33)58-36-22-38(49-14-13-31(46-49)26(4)5)45-40-30(36)10-12-35(39(40)44)57-20-17-48-15-18-56-19-16-48/h6,10,12-14,22,25-29,32-33,37H,1,7-9,11,15-21,23-24H2,2-5H3,(H,47,53)/t27-,29-,32-,33+,37-,43-/m1/s1. The highest BCUT2D eigenvalue weighted by molar-refractivity contribution is 7.90. The molecule has 2 aliphatic carbocycles. The second kappa shape index (κ2) is 16.4. The van der Waals surface area contributed by atoms with Crippen molar-refractivity contribution in [1.82, 2.24) is 29.3 Å². The van der Waals surface area contributed by atoms with E-state index in [1.54, 1.807) is 15.7 Å². The van der Waals surface area contributed by atoms with E-state index in [1.807, 2.05) is 44.3 Å². The molecule has 0 unspecified atom stereocenters. The highest BCUT2D eigenvalue weighted by atomic mass is 35.5. The van der Waals surface area contributed by atoms with Gasteiger partial charge in [-0.25, -0.2) is 18.1 Å². The van der Waals surface area contributed by atoms with Crippen LogP contribution < -0.4 is 14.2 Å². The number of allylic oxidation sites excluding steroid dienone is 1. The van der Waals surface area contributed by atoms with Crippen LogP contribution in [-0.2, 0) is 29.1 Å². The predicted octanol–water partition coefficient (Wildman–Crippen LogP) is 5.45. The summed E-state index contributed by atoms with van der Waals surface area (Å²) in [5.74, 6) is -0.0170. The fourth-order valence-electron chi connectivity index (χ4n) is 9.12. The molecule has 3 aliphatic heterocycles. The van der Waals surface area contributed by atoms with Gasteiger partial charge in [0.2, 0.25) is 21.8 Å². The van der Waals surface area contributed by atoms with Gasteiger partial charge in [0.1, 0.15) is 29.2 Å². The minimum absolute atomic E-state index is 0.0569. The molecule has 2 saturated carbocycles. The van der Waals surface area contributed by atoms with Gasteiger partial charge in [-0.1, -0.05) is 45.4 Å². The molecule has 0 spiro atoms. The largest absolute Gasteiger partial charge is 0.491 e. The first-order chi connectivity index (χ1) is 28.2. The van der Waals surface area contributed by atoms with E-state index in [-0.39, 0.29) is 48.2 Å². The van der Waals surface area contributed by atoms with E-state index >= 15 is 0 Å². The van der Waals surface area contributed by atoms with E-state index in [0.717, 1.165) is 25.3 Å². The quantitative estimate of drug-likeness (QED) is 0.183. The lowest BCUT2D eigenvalue weighted by molar-refractivity contribution is -0.149. The minimum atomic E-state index is -3.83. The molecular weight excluding hydrogens is 796 g/mol. The number of Topliss-reactive ketones (excluding diaryl/α,β-unsaturated/α-hetero) is 1. The first-order valence-electron chi connectivity index (χ1n) is 21.0. The number of fused-ring (bicyclic) bond motifs is 2. The van der Waals surface area contributed by atoms with Crippen LogP contribution in [0, 0.1) is 23.2 Å². The van der Waals surface area contributed by atoms with Crippen LogP contribution in [0.3, 0.4) is 0 Å². The van der Waals surface area contributed by atoms with E-state index in [1.165, 1.54) is 0 Å². The Kier molecular flexibility index (Phi) is 11.6. The molecule has 6 atom stereocenters. The second-order valence-electron chi connectivity index (χ2n) is 17.6. The van der Waals surface area contributed by atoms with Crippen molar-refractivity contribution < 1.29 is 37.0 Å². The number of nitrogens with zero attached hydrogens (tertiary/aromatic N) is 5. The number of hydrogen-bond acceptors (Lipinski definition) is 11. The molecule has 0 radical (unpaired) electrons. The molecule has 14 nitrogen and oxygen atoms in total. The fourth-order valence-corrected chi connectivity index (χ4v) is 10.8. The third-order valence-electron chi connectivity index (χ3n) is 13.0. The van der Waals surface area contributed by atoms with Gasteiger partial charge < -0.3 is 19.1 Å². The molecule has 5 aliphatic rings. The van der Waals surface area contributed by atoms with Gasteiger partial charge in [0.05, 0.1) is 47.2 Å². The Morgan fingerprint density at radius 3 is 2.53 bits per heavy atom. The second-order valence-corrected chi connectivity index (χ2v) is 19.9. The van der Waals surface area contributed by atoms with Crippen LogP contribution >= 0.6 is 11.6 Å². The lowest BCUT2D eigenvalue weighted by atomic mass is 9.84. The number of benzene rings is 1. The van der Waals surface area contributed by atoms with E-state index < -0.39 is 44.8 Å². The lowest BCUT2D eigenvalue weighted by Gasteiger charge is -2.40. The summed E-state index contributed by atoms with van der Waals surface area (Å²) in [5, 5.41) is 5.16. The molecule has 2 aromatic heterocycles. The maximum Gasteiger partial charge on any atom is 0.240 e. The van der Waals surface area contributed by atoms with Gasteiger partial charge in [-0.05, 0) is 68.1 Å². The first-order valence-corrected chi connectivity index (χ1v) is 23.0. The van der Waals surface area contributed by atoms with Gasteiger partial charge in [0, 0.05) is 56.0 Å². The highest BCUT2D eigenvalue weighted by Gasteiger charge is 2.62. The molecule has 3 aromatic rings. The number of carbonyl (C=O) groups is 3. The van der Waals surface area contributed by atoms with Crippen molar-refractivity contribution in [3.05, 3.63) is 53.8 Å². The summed E-state index contributed by atoms with van der Waals surface area (Å²) in [6.45, 7) is 16.2. The van der Waals surface area contributed by atoms with Crippen LogP contribution in [0.15, 0.2) is 43.1 Å². The van der Waals surface area contributed by atoms with Crippen LogP contribution in [-0.4, -0.2) is 113 Å². The molecule has 16 heteroatoms. The van der Waals surface area contributed by atoms with Crippen molar-refractivity contribution in [2.45, 2.75) is 102 Å². The van der Waals surface area contributed by atoms with Crippen LogP contribution in [0.25, 0.3) is 16.7 Å². The maximum atomic E-state index is 14.6. The van der Waals surface area contributed by atoms with E-state index in [4.69, 9.17) is 35.9 Å². The summed E-state index contributed by atoms with van der Waals surface area (Å²) >= 11 is 7.10. The van der Waals surface area contributed by atoms with Crippen molar-refractivity contribution in [2.24, 2.45) is 23.2 Å². The molecule has 318 valence electrons. The third-order valence-corrected chi connectivity index (χ3v) is 15.2. The number of halogens is 1. The Hall–Kier alpha value is -4.05. The summed E-state index contributed by atoms with van der Waals surface area (Å²) in [6, 6.07) is 6.16. The van der Waals surface area contributed by atoms with Gasteiger partial charge >= 0.3 is 0 Å². The molecule has 1 aromatic carbocycles. The Morgan fingerprint density at radius 2 is 1.86 bits per heavy atom. The molecule has 59 heavy (non-hydrogen) atoms. The smallest absolute Gasteiger partial charge is 0.240 e. The van der Waals surface area contributed by atoms with Crippen LogP contribution in [0.4, 0.5) is 0 Å². The predicted molar refractivity (Wildman–Crippen MR) is 222 cm³/mol. The number of nitrogens with one attached hydrogen (secondary N) is 1. The van der Waals surface area contributed by atoms with Gasteiger partial charge in [-0.2, -0.15) is 5.10 Å². The Morgan fingerprint density at radius 1 is 1.10 bits per heavy atom. The lowest BCUT2D eigenvalue weighted by Crippen LogP contribution is -2.54. The van der Waals surface area contributed by atoms with Crippen molar-refractivity contribution in [2.75, 3.05) is 39.5 Å². The summed E-state index contributed by atoms with van der Waals surface area (Å²) < 4.78 is 48.2. The number of rotatable bonds is 16. The zero-order valence-electron chi connectivity index (χ0n) is 34.3. The number of ether oxygens (including phenoxy) is 3. The van der Waals surface area contributed by atoms with Gasteiger partial charge in [-0.15, -0.1) is 6.58 Å². The van der Waals surface area contributed by atoms with Crippen molar-refractivity contribution in [3.8, 4) is 17.3 Å². The maximum absolute atomic E-state index is 14.6. The Bertz CT molecular complexity index is 2240. The monoisotopic (exact) mass is 850 g/mol. The number of ketones is 1. The number of pyridine rings is 1. The normalized spacial score (nSPS) is 27.3. The van der Waals surface area contributed by atoms with Gasteiger partial charge in [-0.3, -0.25) is 24.0 Å². The van der Waals surface area contributed by atoms with Crippen molar-refractivity contribution in [3.63, 3.8) is 0 Å². The summed E-state index contributed by atoms with van der Waals surface area (Å²) in [5.41, 5.74) is 0.115. The van der Waals surface area contributed by atoms with Gasteiger partial charge in [0.15, 0.2) is 11.6 Å². The summed E-state index contributed by atoms with van der Waals surface area (Å²) in [7, 11) is -3.83. The van der Waals surface area contributed by atoms with Crippen LogP contribution in [0.2, 0.25) is 5.02 Å². The molecule has 0 bridgehead atoms. The van der Waals surface area contributed by atoms with Crippen molar-refractivity contribution >= 4 is 50.1 Å². The summed E-state index contributed by atoms with van der Waals surface area (Å²) in [4.78, 5) is 51.5. The molecule has 5 heterocycles. The molecule has 1 N–H and O–H groups in total. The number of aromatic nitrogens is 3. The SMILES string of the molecule is C=C[C@@H]1C[C@]1(CC(=O)[C@@H]1C[C@@H](Oc2cc(-n3ccc(C(C)C)n3)nc3c(Cl)c(OCCN4CCOCC4)ccc23)[C@H]2CC[C@H](C(C)C)C(=O)N21)C(=O)NS(=O)(=O)C1CC1. The molecule has 5 fully saturated rings. The molecule has 8 rings (SSSR count). The average Bonchev–Trinajstić information content (AvgIpc) is 4.10. The third kappa shape index (κ3) is 8.24. The van der Waals surface area contributed by atoms with Crippen LogP contribution in [0.1, 0.15) is 84.3 Å². The number of hydrogen-bond donors (Lipinski definition) is 1. The van der Waals surface area contributed by atoms with E-state index in [0.29, 0.717) is 85.2 Å². The number of sulfonamides is 1. The van der Waals surface area contributed by atoms with Gasteiger partial charge in [0.25, 0.3) is 0 Å². The average molecular weight is 851 g/mol. The molecule has 2 amide bonds. The molecule has 3 saturated heterocycles. The first kappa shape index (κ1) is 41.7. The topological polar surface area (TPSA) is 162 Å². The Labute approximate surface area is 351 Å². The number of piperidine rings is 1. The number of morpholine rings is 1. The Balaban J connectivity index is 1.11. The number of carbonyl (C=O) groups excluding carboxylic acids is 3. The highest BCUT2D eigenvalue weighted by Crippen LogP contribution is 2.57. The van der Waals surface area contributed by atoms with E-state index in [9.17, 15) is 22.8 Å². The van der Waals surface area contributed by atoms with E-state index in [2.05, 4.69) is 30.0 Å². The zero-order chi connectivity index (χ0) is 41.8. The van der Waals surface area contributed by atoms with Crippen LogP contribution in [0.5, 0.6) is 11.5 Å². The fraction of sp³-hybridized carbons (Fsp3) is 0.605. The summed E-state index contributed by atoms with van der Waals surface area (Å²) in [6.07, 6.45) is 5.45. The minimum Gasteiger partial charge on any atom is -0.491 e. The van der Waals surface area contributed by atoms with Crippen molar-refractivity contribution in [1.29, 1.82) is 0 Å². The zero-order valence-corrected chi connectivity index (χ0v) is 35.8.